The summed E-state index contributed by atoms with van der Waals surface area (Å²) in [5.41, 5.74) is 1.20. The number of hydrogen-bond donors (Lipinski definition) is 1. The van der Waals surface area contributed by atoms with Gasteiger partial charge in [-0.1, -0.05) is 6.92 Å². The van der Waals surface area contributed by atoms with E-state index in [2.05, 4.69) is 16.8 Å². The van der Waals surface area contributed by atoms with Crippen LogP contribution in [0.25, 0.3) is 0 Å². The van der Waals surface area contributed by atoms with Gasteiger partial charge in [-0.3, -0.25) is 4.90 Å². The fourth-order valence-electron chi connectivity index (χ4n) is 1.72. The number of likely N-dealkylation sites (N-methyl/N-ethyl adjacent to an activating group) is 1. The van der Waals surface area contributed by atoms with E-state index in [1.807, 2.05) is 0 Å². The van der Waals surface area contributed by atoms with Gasteiger partial charge >= 0.3 is 0 Å². The van der Waals surface area contributed by atoms with Crippen molar-refractivity contribution >= 4 is 11.3 Å². The fraction of sp³-hybridized carbons (Fsp3) is 0.700. The molecular formula is C10H16N2OS. The van der Waals surface area contributed by atoms with Gasteiger partial charge in [-0.05, 0) is 13.5 Å². The molecule has 2 heterocycles. The fourth-order valence-corrected chi connectivity index (χ4v) is 2.81. The lowest BCUT2D eigenvalue weighted by Crippen LogP contribution is -2.29. The second kappa shape index (κ2) is 3.96. The average molecular weight is 212 g/mol. The molecule has 1 N–H and O–H groups in total. The summed E-state index contributed by atoms with van der Waals surface area (Å²) in [6.07, 6.45) is 0.618. The number of nitrogens with zero attached hydrogens (tertiary/aromatic N) is 2. The Hall–Kier alpha value is -0.450. The first-order valence-corrected chi connectivity index (χ1v) is 5.91. The van der Waals surface area contributed by atoms with Crippen molar-refractivity contribution in [2.75, 3.05) is 13.1 Å². The van der Waals surface area contributed by atoms with Crippen molar-refractivity contribution in [3.8, 4) is 0 Å². The summed E-state index contributed by atoms with van der Waals surface area (Å²) >= 11 is 1.66. The Kier molecular flexibility index (Phi) is 2.85. The number of rotatable bonds is 2. The molecule has 2 rings (SSSR count). The van der Waals surface area contributed by atoms with Gasteiger partial charge in [0.15, 0.2) is 0 Å². The lowest BCUT2D eigenvalue weighted by molar-refractivity contribution is 0.198. The SMILES string of the molecule is CCN1CCc2nc(C(C)O)sc2C1. The van der Waals surface area contributed by atoms with Gasteiger partial charge in [0.1, 0.15) is 11.1 Å². The van der Waals surface area contributed by atoms with Gasteiger partial charge in [0.25, 0.3) is 0 Å². The van der Waals surface area contributed by atoms with Crippen LogP contribution in [0.3, 0.4) is 0 Å². The molecule has 1 aromatic rings. The molecule has 0 aromatic carbocycles. The molecule has 0 saturated heterocycles. The molecule has 14 heavy (non-hydrogen) atoms. The van der Waals surface area contributed by atoms with Crippen LogP contribution in [0, 0.1) is 0 Å². The standard InChI is InChI=1S/C10H16N2OS/c1-3-12-5-4-8-9(6-12)14-10(11-8)7(2)13/h7,13H,3-6H2,1-2H3. The molecule has 1 aliphatic rings. The van der Waals surface area contributed by atoms with Gasteiger partial charge in [-0.2, -0.15) is 0 Å². The minimum absolute atomic E-state index is 0.416. The highest BCUT2D eigenvalue weighted by atomic mass is 32.1. The number of hydrogen-bond acceptors (Lipinski definition) is 4. The monoisotopic (exact) mass is 212 g/mol. The minimum Gasteiger partial charge on any atom is -0.386 e. The van der Waals surface area contributed by atoms with Crippen molar-refractivity contribution in [3.63, 3.8) is 0 Å². The molecule has 3 nitrogen and oxygen atoms in total. The van der Waals surface area contributed by atoms with E-state index in [1.165, 1.54) is 10.6 Å². The first kappa shape index (κ1) is 10.1. The summed E-state index contributed by atoms with van der Waals surface area (Å²) in [6.45, 7) is 7.17. The highest BCUT2D eigenvalue weighted by molar-refractivity contribution is 7.11. The predicted octanol–water partition coefficient (Wildman–Crippen LogP) is 1.57. The second-order valence-corrected chi connectivity index (χ2v) is 4.83. The summed E-state index contributed by atoms with van der Waals surface area (Å²) in [7, 11) is 0. The van der Waals surface area contributed by atoms with Crippen LogP contribution in [-0.4, -0.2) is 28.1 Å². The Bertz CT molecular complexity index is 322. The molecule has 1 unspecified atom stereocenters. The molecular weight excluding hydrogens is 196 g/mol. The maximum atomic E-state index is 9.43. The quantitative estimate of drug-likeness (QED) is 0.808. The molecule has 0 amide bonds. The van der Waals surface area contributed by atoms with Crippen LogP contribution in [-0.2, 0) is 13.0 Å². The van der Waals surface area contributed by atoms with E-state index in [9.17, 15) is 5.11 Å². The zero-order valence-electron chi connectivity index (χ0n) is 8.66. The Balaban J connectivity index is 2.21. The third-order valence-corrected chi connectivity index (χ3v) is 3.88. The highest BCUT2D eigenvalue weighted by Crippen LogP contribution is 2.28. The molecule has 1 atom stereocenters. The van der Waals surface area contributed by atoms with Crippen molar-refractivity contribution in [2.45, 2.75) is 32.9 Å². The van der Waals surface area contributed by atoms with Crippen LogP contribution in [0.1, 0.15) is 35.5 Å². The number of fused-ring (bicyclic) bond motifs is 1. The van der Waals surface area contributed by atoms with Crippen molar-refractivity contribution in [2.24, 2.45) is 0 Å². The van der Waals surface area contributed by atoms with E-state index in [0.29, 0.717) is 0 Å². The van der Waals surface area contributed by atoms with Crippen LogP contribution in [0.2, 0.25) is 0 Å². The number of aromatic nitrogens is 1. The lowest BCUT2D eigenvalue weighted by atomic mass is 10.2. The van der Waals surface area contributed by atoms with Crippen LogP contribution in [0.15, 0.2) is 0 Å². The second-order valence-electron chi connectivity index (χ2n) is 3.72. The van der Waals surface area contributed by atoms with Crippen LogP contribution in [0.4, 0.5) is 0 Å². The Morgan fingerprint density at radius 2 is 2.43 bits per heavy atom. The number of aliphatic hydroxyl groups is 1. The third kappa shape index (κ3) is 1.82. The Labute approximate surface area is 88.4 Å². The maximum Gasteiger partial charge on any atom is 0.122 e. The minimum atomic E-state index is -0.416. The van der Waals surface area contributed by atoms with E-state index in [1.54, 1.807) is 18.3 Å². The smallest absolute Gasteiger partial charge is 0.122 e. The third-order valence-electron chi connectivity index (χ3n) is 2.63. The van der Waals surface area contributed by atoms with Crippen LogP contribution in [0.5, 0.6) is 0 Å². The highest BCUT2D eigenvalue weighted by Gasteiger charge is 2.20. The molecule has 0 aliphatic carbocycles. The van der Waals surface area contributed by atoms with Crippen molar-refractivity contribution in [1.82, 2.24) is 9.88 Å². The molecule has 0 fully saturated rings. The van der Waals surface area contributed by atoms with Crippen LogP contribution < -0.4 is 0 Å². The number of thiazole rings is 1. The van der Waals surface area contributed by atoms with E-state index < -0.39 is 6.10 Å². The van der Waals surface area contributed by atoms with Crippen molar-refractivity contribution < 1.29 is 5.11 Å². The summed E-state index contributed by atoms with van der Waals surface area (Å²) in [5.74, 6) is 0. The number of aliphatic hydroxyl groups excluding tert-OH is 1. The van der Waals surface area contributed by atoms with Crippen molar-refractivity contribution in [1.29, 1.82) is 0 Å². The predicted molar refractivity (Wildman–Crippen MR) is 57.4 cm³/mol. The molecule has 1 aromatic heterocycles. The lowest BCUT2D eigenvalue weighted by Gasteiger charge is -2.23. The Morgan fingerprint density at radius 1 is 1.64 bits per heavy atom. The first-order chi connectivity index (χ1) is 6.70. The van der Waals surface area contributed by atoms with Gasteiger partial charge in [0.05, 0.1) is 5.69 Å². The largest absolute Gasteiger partial charge is 0.386 e. The first-order valence-electron chi connectivity index (χ1n) is 5.09. The zero-order chi connectivity index (χ0) is 10.1. The molecule has 0 radical (unpaired) electrons. The van der Waals surface area contributed by atoms with Gasteiger partial charge in [0.2, 0.25) is 0 Å². The molecule has 0 saturated carbocycles. The zero-order valence-corrected chi connectivity index (χ0v) is 9.47. The van der Waals surface area contributed by atoms with Gasteiger partial charge < -0.3 is 5.11 Å². The molecule has 4 heteroatoms. The van der Waals surface area contributed by atoms with Crippen LogP contribution >= 0.6 is 11.3 Å². The topological polar surface area (TPSA) is 36.4 Å². The van der Waals surface area contributed by atoms with Crippen molar-refractivity contribution in [3.05, 3.63) is 15.6 Å². The molecule has 1 aliphatic heterocycles. The van der Waals surface area contributed by atoms with E-state index in [4.69, 9.17) is 0 Å². The average Bonchev–Trinajstić information content (AvgIpc) is 2.59. The van der Waals surface area contributed by atoms with Gasteiger partial charge in [-0.15, -0.1) is 11.3 Å². The summed E-state index contributed by atoms with van der Waals surface area (Å²) in [6, 6.07) is 0. The summed E-state index contributed by atoms with van der Waals surface area (Å²) < 4.78 is 0. The summed E-state index contributed by atoms with van der Waals surface area (Å²) in [5, 5.41) is 10.3. The Morgan fingerprint density at radius 3 is 3.07 bits per heavy atom. The molecule has 78 valence electrons. The molecule has 0 bridgehead atoms. The van der Waals surface area contributed by atoms with E-state index in [-0.39, 0.29) is 0 Å². The normalized spacial score (nSPS) is 19.4. The van der Waals surface area contributed by atoms with E-state index >= 15 is 0 Å². The van der Waals surface area contributed by atoms with E-state index in [0.717, 1.165) is 31.1 Å². The summed E-state index contributed by atoms with van der Waals surface area (Å²) in [4.78, 5) is 8.21. The molecule has 0 spiro atoms. The van der Waals surface area contributed by atoms with Gasteiger partial charge in [-0.25, -0.2) is 4.98 Å². The van der Waals surface area contributed by atoms with Gasteiger partial charge in [0, 0.05) is 24.4 Å². The maximum absolute atomic E-state index is 9.43.